The minimum atomic E-state index is -0.879. The molecule has 2 aromatic carbocycles. The lowest BCUT2D eigenvalue weighted by molar-refractivity contribution is -0.114. The maximum absolute atomic E-state index is 12.8. The van der Waals surface area contributed by atoms with Crippen molar-refractivity contribution < 1.29 is 19.1 Å². The van der Waals surface area contributed by atoms with Crippen LogP contribution in [0.5, 0.6) is 0 Å². The number of nitrogen functional groups attached to an aromatic ring is 1. The van der Waals surface area contributed by atoms with E-state index in [-0.39, 0.29) is 23.8 Å². The van der Waals surface area contributed by atoms with Crippen molar-refractivity contribution in [2.75, 3.05) is 17.7 Å². The van der Waals surface area contributed by atoms with E-state index in [2.05, 4.69) is 5.32 Å². The summed E-state index contributed by atoms with van der Waals surface area (Å²) in [7, 11) is 1.24. The fourth-order valence-corrected chi connectivity index (χ4v) is 3.18. The number of amides is 1. The zero-order valence-corrected chi connectivity index (χ0v) is 18.0. The Morgan fingerprint density at radius 1 is 1.03 bits per heavy atom. The zero-order chi connectivity index (χ0) is 24.1. The van der Waals surface area contributed by atoms with E-state index in [9.17, 15) is 24.0 Å². The quantitative estimate of drug-likeness (QED) is 0.406. The summed E-state index contributed by atoms with van der Waals surface area (Å²) in [6.45, 7) is 0.619. The van der Waals surface area contributed by atoms with Crippen molar-refractivity contribution in [2.45, 2.75) is 13.5 Å². The largest absolute Gasteiger partial charge is 0.454 e. The molecule has 0 radical (unpaired) electrons. The molecule has 1 amide bonds. The first kappa shape index (κ1) is 23.2. The Bertz CT molecular complexity index is 1340. The second-order valence-corrected chi connectivity index (χ2v) is 7.24. The molecule has 0 atom stereocenters. The van der Waals surface area contributed by atoms with E-state index < -0.39 is 35.2 Å². The first-order valence-corrected chi connectivity index (χ1v) is 9.90. The van der Waals surface area contributed by atoms with Gasteiger partial charge in [0, 0.05) is 19.7 Å². The van der Waals surface area contributed by atoms with Gasteiger partial charge in [0.25, 0.3) is 5.56 Å². The molecule has 0 saturated carbocycles. The molecule has 0 bridgehead atoms. The number of ether oxygens (including phenoxy) is 1. The van der Waals surface area contributed by atoms with Gasteiger partial charge in [-0.25, -0.2) is 9.59 Å². The lowest BCUT2D eigenvalue weighted by Gasteiger charge is -2.15. The monoisotopic (exact) mass is 450 g/mol. The van der Waals surface area contributed by atoms with Crippen LogP contribution >= 0.6 is 0 Å². The molecule has 0 aliphatic heterocycles. The summed E-state index contributed by atoms with van der Waals surface area (Å²) in [5, 5.41) is 2.54. The average Bonchev–Trinajstić information content (AvgIpc) is 2.79. The van der Waals surface area contributed by atoms with Gasteiger partial charge in [-0.2, -0.15) is 0 Å². The standard InChI is InChI=1S/C23H22N4O6/c1-14(28)25-17-10-6-9-16(11-17)22(31)33-13-18(29)19-20(24)27(23(32)26(2)21(19)30)12-15-7-4-3-5-8-15/h3-11H,12-13,24H2,1-2H3,(H,25,28). The second-order valence-electron chi connectivity index (χ2n) is 7.24. The number of carbonyl (C=O) groups excluding carboxylic acids is 3. The summed E-state index contributed by atoms with van der Waals surface area (Å²) < 4.78 is 6.95. The highest BCUT2D eigenvalue weighted by Crippen LogP contribution is 2.13. The van der Waals surface area contributed by atoms with E-state index in [1.807, 2.05) is 6.07 Å². The maximum Gasteiger partial charge on any atom is 0.338 e. The normalized spacial score (nSPS) is 10.5. The van der Waals surface area contributed by atoms with E-state index >= 15 is 0 Å². The molecular formula is C23H22N4O6. The molecule has 33 heavy (non-hydrogen) atoms. The molecule has 10 heteroatoms. The Morgan fingerprint density at radius 3 is 2.39 bits per heavy atom. The number of hydrogen-bond donors (Lipinski definition) is 2. The van der Waals surface area contributed by atoms with E-state index in [0.717, 1.165) is 14.7 Å². The van der Waals surface area contributed by atoms with Crippen LogP contribution in [-0.2, 0) is 23.1 Å². The predicted molar refractivity (Wildman–Crippen MR) is 121 cm³/mol. The molecule has 0 fully saturated rings. The number of nitrogens with two attached hydrogens (primary N) is 1. The number of rotatable bonds is 7. The van der Waals surface area contributed by atoms with Crippen LogP contribution in [0.3, 0.4) is 0 Å². The molecule has 10 nitrogen and oxygen atoms in total. The van der Waals surface area contributed by atoms with Crippen LogP contribution in [0.1, 0.15) is 33.2 Å². The van der Waals surface area contributed by atoms with Crippen molar-refractivity contribution >= 4 is 29.2 Å². The van der Waals surface area contributed by atoms with Gasteiger partial charge in [0.2, 0.25) is 11.7 Å². The molecule has 1 heterocycles. The number of nitrogens with one attached hydrogen (secondary N) is 1. The van der Waals surface area contributed by atoms with Gasteiger partial charge in [-0.3, -0.25) is 23.5 Å². The Balaban J connectivity index is 1.84. The molecular weight excluding hydrogens is 428 g/mol. The molecule has 0 aliphatic rings. The van der Waals surface area contributed by atoms with Crippen molar-refractivity contribution in [3.63, 3.8) is 0 Å². The predicted octanol–water partition coefficient (Wildman–Crippen LogP) is 1.18. The smallest absolute Gasteiger partial charge is 0.338 e. The highest BCUT2D eigenvalue weighted by Gasteiger charge is 2.23. The van der Waals surface area contributed by atoms with Crippen LogP contribution in [0.25, 0.3) is 0 Å². The first-order valence-electron chi connectivity index (χ1n) is 9.90. The van der Waals surface area contributed by atoms with Gasteiger partial charge in [0.05, 0.1) is 12.1 Å². The minimum absolute atomic E-state index is 0.0512. The lowest BCUT2D eigenvalue weighted by Crippen LogP contribution is -2.43. The Labute approximate surface area is 188 Å². The third kappa shape index (κ3) is 5.24. The van der Waals surface area contributed by atoms with Gasteiger partial charge in [-0.05, 0) is 23.8 Å². The SMILES string of the molecule is CC(=O)Nc1cccc(C(=O)OCC(=O)c2c(N)n(Cc3ccccc3)c(=O)n(C)c2=O)c1. The van der Waals surface area contributed by atoms with Gasteiger partial charge in [0.1, 0.15) is 11.4 Å². The molecule has 3 aromatic rings. The molecule has 170 valence electrons. The average molecular weight is 450 g/mol. The highest BCUT2D eigenvalue weighted by molar-refractivity contribution is 6.02. The number of nitrogens with zero attached hydrogens (tertiary/aromatic N) is 2. The third-order valence-electron chi connectivity index (χ3n) is 4.80. The summed E-state index contributed by atoms with van der Waals surface area (Å²) in [4.78, 5) is 61.5. The van der Waals surface area contributed by atoms with Gasteiger partial charge in [0.15, 0.2) is 6.61 Å². The number of benzene rings is 2. The summed E-state index contributed by atoms with van der Waals surface area (Å²) in [5.74, 6) is -2.29. The molecule has 0 saturated heterocycles. The summed E-state index contributed by atoms with van der Waals surface area (Å²) in [5.41, 5.74) is 5.27. The Kier molecular flexibility index (Phi) is 6.87. The summed E-state index contributed by atoms with van der Waals surface area (Å²) >= 11 is 0. The highest BCUT2D eigenvalue weighted by atomic mass is 16.5. The van der Waals surface area contributed by atoms with Crippen molar-refractivity contribution in [3.8, 4) is 0 Å². The summed E-state index contributed by atoms with van der Waals surface area (Å²) in [6.07, 6.45) is 0. The molecule has 0 spiro atoms. The molecule has 3 N–H and O–H groups in total. The number of Topliss-reactive ketones (excluding diaryl/α,β-unsaturated/α-hetero) is 1. The summed E-state index contributed by atoms with van der Waals surface area (Å²) in [6, 6.07) is 14.9. The van der Waals surface area contributed by atoms with Crippen LogP contribution in [-0.4, -0.2) is 33.4 Å². The van der Waals surface area contributed by atoms with Gasteiger partial charge < -0.3 is 15.8 Å². The molecule has 0 unspecified atom stereocenters. The number of hydrogen-bond acceptors (Lipinski definition) is 7. The van der Waals surface area contributed by atoms with Crippen molar-refractivity contribution in [1.29, 1.82) is 0 Å². The third-order valence-corrected chi connectivity index (χ3v) is 4.80. The second kappa shape index (κ2) is 9.77. The fraction of sp³-hybridized carbons (Fsp3) is 0.174. The topological polar surface area (TPSA) is 142 Å². The van der Waals surface area contributed by atoms with Crippen LogP contribution < -0.4 is 22.3 Å². The van der Waals surface area contributed by atoms with Gasteiger partial charge in [-0.15, -0.1) is 0 Å². The van der Waals surface area contributed by atoms with Gasteiger partial charge in [-0.1, -0.05) is 36.4 Å². The van der Waals surface area contributed by atoms with Crippen LogP contribution in [0, 0.1) is 0 Å². The zero-order valence-electron chi connectivity index (χ0n) is 18.0. The fourth-order valence-electron chi connectivity index (χ4n) is 3.18. The number of aromatic nitrogens is 2. The lowest BCUT2D eigenvalue weighted by atomic mass is 10.1. The first-order chi connectivity index (χ1) is 15.7. The van der Waals surface area contributed by atoms with Crippen LogP contribution in [0.15, 0.2) is 64.2 Å². The Morgan fingerprint density at radius 2 is 1.73 bits per heavy atom. The van der Waals surface area contributed by atoms with Crippen molar-refractivity contribution in [1.82, 2.24) is 9.13 Å². The minimum Gasteiger partial charge on any atom is -0.454 e. The number of esters is 1. The molecule has 1 aromatic heterocycles. The van der Waals surface area contributed by atoms with E-state index in [1.165, 1.54) is 32.2 Å². The Hall–Kier alpha value is -4.47. The van der Waals surface area contributed by atoms with Gasteiger partial charge >= 0.3 is 11.7 Å². The van der Waals surface area contributed by atoms with E-state index in [0.29, 0.717) is 5.69 Å². The molecule has 3 rings (SSSR count). The van der Waals surface area contributed by atoms with E-state index in [1.54, 1.807) is 30.3 Å². The van der Waals surface area contributed by atoms with Crippen LogP contribution in [0.2, 0.25) is 0 Å². The van der Waals surface area contributed by atoms with Crippen molar-refractivity contribution in [2.24, 2.45) is 7.05 Å². The maximum atomic E-state index is 12.8. The van der Waals surface area contributed by atoms with E-state index in [4.69, 9.17) is 10.5 Å². The van der Waals surface area contributed by atoms with Crippen molar-refractivity contribution in [3.05, 3.63) is 92.1 Å². The number of ketones is 1. The number of anilines is 2. The van der Waals surface area contributed by atoms with Crippen LogP contribution in [0.4, 0.5) is 11.5 Å². The number of carbonyl (C=O) groups is 3. The molecule has 0 aliphatic carbocycles.